The molecule has 0 radical (unpaired) electrons. The molecular formula is C23H22FN3O4S. The number of halogens is 1. The van der Waals surface area contributed by atoms with Crippen molar-refractivity contribution in [2.75, 3.05) is 18.0 Å². The molecule has 3 aromatic carbocycles. The van der Waals surface area contributed by atoms with Crippen LogP contribution in [-0.4, -0.2) is 33.7 Å². The summed E-state index contributed by atoms with van der Waals surface area (Å²) in [5.74, 6) is -0.501. The zero-order valence-corrected chi connectivity index (χ0v) is 18.3. The van der Waals surface area contributed by atoms with Crippen LogP contribution in [0.25, 0.3) is 0 Å². The van der Waals surface area contributed by atoms with Gasteiger partial charge in [0.1, 0.15) is 18.1 Å². The number of hydrazone groups is 1. The molecule has 0 aliphatic rings. The predicted octanol–water partition coefficient (Wildman–Crippen LogP) is 3.57. The Bertz CT molecular complexity index is 1200. The van der Waals surface area contributed by atoms with Crippen molar-refractivity contribution in [2.45, 2.75) is 11.8 Å². The number of sulfonamides is 1. The van der Waals surface area contributed by atoms with Crippen molar-refractivity contribution < 1.29 is 22.3 Å². The van der Waals surface area contributed by atoms with Gasteiger partial charge in [0.05, 0.1) is 23.4 Å². The van der Waals surface area contributed by atoms with Crippen LogP contribution in [0.2, 0.25) is 0 Å². The van der Waals surface area contributed by atoms with Crippen molar-refractivity contribution in [3.8, 4) is 5.75 Å². The molecular weight excluding hydrogens is 433 g/mol. The third-order valence-electron chi connectivity index (χ3n) is 4.59. The number of nitrogens with one attached hydrogen (secondary N) is 1. The summed E-state index contributed by atoms with van der Waals surface area (Å²) in [5.41, 5.74) is 3.77. The summed E-state index contributed by atoms with van der Waals surface area (Å²) < 4.78 is 45.8. The average molecular weight is 456 g/mol. The van der Waals surface area contributed by atoms with Gasteiger partial charge >= 0.3 is 0 Å². The molecule has 0 saturated heterocycles. The van der Waals surface area contributed by atoms with Gasteiger partial charge < -0.3 is 4.74 Å². The summed E-state index contributed by atoms with van der Waals surface area (Å²) in [4.78, 5) is 12.6. The molecule has 0 aliphatic carbocycles. The fourth-order valence-electron chi connectivity index (χ4n) is 2.85. The molecule has 9 heteroatoms. The first-order chi connectivity index (χ1) is 15.3. The van der Waals surface area contributed by atoms with Crippen LogP contribution in [0.3, 0.4) is 0 Å². The first-order valence-electron chi connectivity index (χ1n) is 9.62. The monoisotopic (exact) mass is 455 g/mol. The highest BCUT2D eigenvalue weighted by molar-refractivity contribution is 7.92. The molecule has 32 heavy (non-hydrogen) atoms. The minimum atomic E-state index is -4.04. The highest BCUT2D eigenvalue weighted by atomic mass is 32.2. The smallest absolute Gasteiger partial charge is 0.264 e. The minimum absolute atomic E-state index is 0.0148. The van der Waals surface area contributed by atoms with E-state index in [1.807, 2.05) is 0 Å². The van der Waals surface area contributed by atoms with Crippen molar-refractivity contribution in [2.24, 2.45) is 5.10 Å². The molecule has 0 spiro atoms. The number of methoxy groups -OCH3 is 1. The van der Waals surface area contributed by atoms with Crippen LogP contribution in [0.15, 0.2) is 88.9 Å². The number of ether oxygens (including phenoxy) is 1. The van der Waals surface area contributed by atoms with Crippen molar-refractivity contribution in [1.82, 2.24) is 5.43 Å². The summed E-state index contributed by atoms with van der Waals surface area (Å²) in [7, 11) is -2.56. The lowest BCUT2D eigenvalue weighted by Crippen LogP contribution is -2.39. The predicted molar refractivity (Wildman–Crippen MR) is 121 cm³/mol. The molecule has 0 aliphatic heterocycles. The fraction of sp³-hybridized carbons (Fsp3) is 0.130. The second-order valence-electron chi connectivity index (χ2n) is 6.76. The molecule has 7 nitrogen and oxygen atoms in total. The normalized spacial score (nSPS) is 11.7. The third kappa shape index (κ3) is 5.50. The number of carbonyl (C=O) groups excluding carboxylic acids is 1. The second-order valence-corrected chi connectivity index (χ2v) is 8.62. The number of carbonyl (C=O) groups is 1. The van der Waals surface area contributed by atoms with Crippen LogP contribution in [-0.2, 0) is 14.8 Å². The van der Waals surface area contributed by atoms with Gasteiger partial charge in [0.15, 0.2) is 0 Å². The van der Waals surface area contributed by atoms with Gasteiger partial charge in [-0.15, -0.1) is 0 Å². The Morgan fingerprint density at radius 1 is 1.00 bits per heavy atom. The molecule has 0 bridgehead atoms. The maximum Gasteiger partial charge on any atom is 0.264 e. The standard InChI is InChI=1S/C23H22FN3O4S/c1-17(18-8-10-19(24)11-9-18)25-26-23(28)16-27(20-6-4-3-5-7-20)32(29,30)22-14-12-21(31-2)13-15-22/h3-15H,16H2,1-2H3,(H,26,28)/b25-17-. The van der Waals surface area contributed by atoms with E-state index in [2.05, 4.69) is 10.5 Å². The number of nitrogens with zero attached hydrogens (tertiary/aromatic N) is 2. The zero-order chi connectivity index (χ0) is 23.1. The lowest BCUT2D eigenvalue weighted by atomic mass is 10.1. The summed E-state index contributed by atoms with van der Waals surface area (Å²) in [5, 5.41) is 4.00. The molecule has 0 unspecified atom stereocenters. The van der Waals surface area contributed by atoms with Crippen molar-refractivity contribution in [3.63, 3.8) is 0 Å². The maximum atomic E-state index is 13.3. The van der Waals surface area contributed by atoms with Crippen LogP contribution >= 0.6 is 0 Å². The van der Waals surface area contributed by atoms with E-state index >= 15 is 0 Å². The van der Waals surface area contributed by atoms with Crippen LogP contribution in [0.5, 0.6) is 5.75 Å². The van der Waals surface area contributed by atoms with Crippen molar-refractivity contribution in [1.29, 1.82) is 0 Å². The van der Waals surface area contributed by atoms with E-state index < -0.39 is 22.5 Å². The lowest BCUT2D eigenvalue weighted by Gasteiger charge is -2.23. The molecule has 0 aromatic heterocycles. The number of rotatable bonds is 8. The molecule has 1 amide bonds. The number of hydrogen-bond donors (Lipinski definition) is 1. The number of amides is 1. The Kier molecular flexibility index (Phi) is 7.21. The van der Waals surface area contributed by atoms with Crippen LogP contribution in [0.1, 0.15) is 12.5 Å². The Hall–Kier alpha value is -3.72. The van der Waals surface area contributed by atoms with Crippen molar-refractivity contribution >= 4 is 27.3 Å². The first-order valence-corrected chi connectivity index (χ1v) is 11.1. The van der Waals surface area contributed by atoms with Gasteiger partial charge in [0.2, 0.25) is 0 Å². The summed E-state index contributed by atoms with van der Waals surface area (Å²) >= 11 is 0. The average Bonchev–Trinajstić information content (AvgIpc) is 2.82. The summed E-state index contributed by atoms with van der Waals surface area (Å²) in [6.45, 7) is 1.16. The van der Waals surface area contributed by atoms with Gasteiger partial charge in [-0.2, -0.15) is 5.10 Å². The topological polar surface area (TPSA) is 88.1 Å². The number of benzene rings is 3. The Morgan fingerprint density at radius 3 is 2.22 bits per heavy atom. The molecule has 166 valence electrons. The van der Waals surface area contributed by atoms with E-state index in [4.69, 9.17) is 4.74 Å². The van der Waals surface area contributed by atoms with Gasteiger partial charge in [-0.25, -0.2) is 18.2 Å². The van der Waals surface area contributed by atoms with E-state index in [-0.39, 0.29) is 10.7 Å². The van der Waals surface area contributed by atoms with E-state index in [1.54, 1.807) is 37.3 Å². The summed E-state index contributed by atoms with van der Waals surface area (Å²) in [6, 6.07) is 19.8. The Balaban J connectivity index is 1.84. The van der Waals surface area contributed by atoms with E-state index in [0.717, 1.165) is 4.31 Å². The second kappa shape index (κ2) is 10.1. The lowest BCUT2D eigenvalue weighted by molar-refractivity contribution is -0.119. The molecule has 0 heterocycles. The van der Waals surface area contributed by atoms with Gasteiger partial charge in [-0.1, -0.05) is 30.3 Å². The zero-order valence-electron chi connectivity index (χ0n) is 17.5. The SMILES string of the molecule is COc1ccc(S(=O)(=O)N(CC(=O)N/N=C(/C)c2ccc(F)cc2)c2ccccc2)cc1. The van der Waals surface area contributed by atoms with Crippen LogP contribution in [0.4, 0.5) is 10.1 Å². The Morgan fingerprint density at radius 2 is 1.62 bits per heavy atom. The number of para-hydroxylation sites is 1. The van der Waals surface area contributed by atoms with Gasteiger partial charge in [-0.05, 0) is 61.0 Å². The van der Waals surface area contributed by atoms with Crippen LogP contribution < -0.4 is 14.5 Å². The van der Waals surface area contributed by atoms with Gasteiger partial charge in [0, 0.05) is 0 Å². The maximum absolute atomic E-state index is 13.3. The van der Waals surface area contributed by atoms with Gasteiger partial charge in [0.25, 0.3) is 15.9 Å². The largest absolute Gasteiger partial charge is 0.497 e. The minimum Gasteiger partial charge on any atom is -0.497 e. The van der Waals surface area contributed by atoms with E-state index in [0.29, 0.717) is 22.7 Å². The van der Waals surface area contributed by atoms with Crippen molar-refractivity contribution in [3.05, 3.63) is 90.2 Å². The fourth-order valence-corrected chi connectivity index (χ4v) is 4.27. The highest BCUT2D eigenvalue weighted by Gasteiger charge is 2.27. The molecule has 0 fully saturated rings. The molecule has 1 N–H and O–H groups in total. The molecule has 0 saturated carbocycles. The molecule has 3 rings (SSSR count). The summed E-state index contributed by atoms with van der Waals surface area (Å²) in [6.07, 6.45) is 0. The van der Waals surface area contributed by atoms with Crippen LogP contribution in [0, 0.1) is 5.82 Å². The third-order valence-corrected chi connectivity index (χ3v) is 6.38. The molecule has 3 aromatic rings. The highest BCUT2D eigenvalue weighted by Crippen LogP contribution is 2.24. The number of hydrogen-bond acceptors (Lipinski definition) is 5. The van der Waals surface area contributed by atoms with E-state index in [1.165, 1.54) is 55.6 Å². The number of anilines is 1. The molecule has 0 atom stereocenters. The van der Waals surface area contributed by atoms with E-state index in [9.17, 15) is 17.6 Å². The van der Waals surface area contributed by atoms with Gasteiger partial charge in [-0.3, -0.25) is 9.10 Å². The quantitative estimate of drug-likeness (QED) is 0.416. The Labute approximate surface area is 186 Å². The first kappa shape index (κ1) is 23.0.